The van der Waals surface area contributed by atoms with Crippen LogP contribution in [0.2, 0.25) is 0 Å². The summed E-state index contributed by atoms with van der Waals surface area (Å²) in [7, 11) is 1.55. The first-order valence-electron chi connectivity index (χ1n) is 6.45. The van der Waals surface area contributed by atoms with Gasteiger partial charge in [0, 0.05) is 19.7 Å². The van der Waals surface area contributed by atoms with Gasteiger partial charge in [-0.25, -0.2) is 13.8 Å². The third-order valence-electron chi connectivity index (χ3n) is 2.73. The molecule has 1 aromatic heterocycles. The molecule has 0 aliphatic carbocycles. The van der Waals surface area contributed by atoms with Crippen molar-refractivity contribution in [2.75, 3.05) is 36.2 Å². The molecule has 0 fully saturated rings. The van der Waals surface area contributed by atoms with Crippen LogP contribution in [0.1, 0.15) is 25.7 Å². The van der Waals surface area contributed by atoms with Crippen molar-refractivity contribution in [1.29, 1.82) is 0 Å². The van der Waals surface area contributed by atoms with Crippen LogP contribution in [0, 0.1) is 11.6 Å². The maximum absolute atomic E-state index is 13.4. The summed E-state index contributed by atoms with van der Waals surface area (Å²) in [5.41, 5.74) is 0. The highest BCUT2D eigenvalue weighted by atomic mass is 32.2. The van der Waals surface area contributed by atoms with E-state index >= 15 is 0 Å². The molecular formula is C13H21F2N3S. The Kier molecular flexibility index (Phi) is 7.55. The van der Waals surface area contributed by atoms with Crippen molar-refractivity contribution in [1.82, 2.24) is 4.98 Å². The van der Waals surface area contributed by atoms with Gasteiger partial charge in [0.25, 0.3) is 0 Å². The normalized spacial score (nSPS) is 10.5. The third-order valence-corrected chi connectivity index (χ3v) is 3.43. The minimum Gasteiger partial charge on any atom is -0.371 e. The van der Waals surface area contributed by atoms with Gasteiger partial charge in [0.15, 0.2) is 23.3 Å². The second kappa shape index (κ2) is 8.96. The number of anilines is 2. The zero-order valence-corrected chi connectivity index (χ0v) is 12.2. The lowest BCUT2D eigenvalue weighted by atomic mass is 10.2. The number of halogens is 2. The predicted octanol–water partition coefficient (Wildman–Crippen LogP) is 3.74. The van der Waals surface area contributed by atoms with E-state index in [0.717, 1.165) is 18.9 Å². The number of unbranched alkanes of at least 4 members (excludes halogenated alkanes) is 3. The molecule has 2 N–H and O–H groups in total. The number of nitrogens with one attached hydrogen (secondary N) is 2. The molecule has 0 amide bonds. The van der Waals surface area contributed by atoms with Crippen molar-refractivity contribution in [2.24, 2.45) is 0 Å². The van der Waals surface area contributed by atoms with Crippen LogP contribution >= 0.6 is 11.8 Å². The van der Waals surface area contributed by atoms with E-state index in [9.17, 15) is 8.78 Å². The monoisotopic (exact) mass is 289 g/mol. The van der Waals surface area contributed by atoms with E-state index in [4.69, 9.17) is 0 Å². The van der Waals surface area contributed by atoms with Crippen LogP contribution in [0.4, 0.5) is 20.4 Å². The summed E-state index contributed by atoms with van der Waals surface area (Å²) < 4.78 is 26.6. The maximum atomic E-state index is 13.4. The Hall–Kier alpha value is -1.04. The molecule has 0 saturated heterocycles. The van der Waals surface area contributed by atoms with Gasteiger partial charge in [0.2, 0.25) is 0 Å². The lowest BCUT2D eigenvalue weighted by Crippen LogP contribution is -2.08. The quantitative estimate of drug-likeness (QED) is 0.679. The van der Waals surface area contributed by atoms with Crippen molar-refractivity contribution >= 4 is 23.4 Å². The fourth-order valence-corrected chi connectivity index (χ4v) is 2.19. The molecule has 0 radical (unpaired) electrons. The molecular weight excluding hydrogens is 268 g/mol. The molecule has 1 aromatic rings. The van der Waals surface area contributed by atoms with Gasteiger partial charge in [-0.3, -0.25) is 0 Å². The van der Waals surface area contributed by atoms with Gasteiger partial charge in [-0.1, -0.05) is 12.8 Å². The lowest BCUT2D eigenvalue weighted by Gasteiger charge is -2.09. The lowest BCUT2D eigenvalue weighted by molar-refractivity contribution is 0.578. The summed E-state index contributed by atoms with van der Waals surface area (Å²) in [4.78, 5) is 3.86. The molecule has 0 spiro atoms. The number of nitrogens with zero attached hydrogens (tertiary/aromatic N) is 1. The highest BCUT2D eigenvalue weighted by Crippen LogP contribution is 2.18. The Morgan fingerprint density at radius 3 is 2.47 bits per heavy atom. The number of hydrogen-bond donors (Lipinski definition) is 2. The largest absolute Gasteiger partial charge is 0.371 e. The molecule has 19 heavy (non-hydrogen) atoms. The van der Waals surface area contributed by atoms with Crippen LogP contribution in [-0.2, 0) is 0 Å². The Morgan fingerprint density at radius 2 is 1.79 bits per heavy atom. The number of aromatic nitrogens is 1. The highest BCUT2D eigenvalue weighted by molar-refractivity contribution is 7.98. The zero-order valence-electron chi connectivity index (χ0n) is 11.4. The average molecular weight is 289 g/mol. The van der Waals surface area contributed by atoms with Crippen molar-refractivity contribution in [2.45, 2.75) is 25.7 Å². The SMILES string of the molecule is CNc1nc(NCCCCCCSC)c(F)cc1F. The summed E-state index contributed by atoms with van der Waals surface area (Å²) in [5, 5.41) is 5.50. The van der Waals surface area contributed by atoms with Crippen molar-refractivity contribution < 1.29 is 8.78 Å². The van der Waals surface area contributed by atoms with Crippen molar-refractivity contribution in [3.8, 4) is 0 Å². The van der Waals surface area contributed by atoms with Crippen LogP contribution in [0.25, 0.3) is 0 Å². The van der Waals surface area contributed by atoms with E-state index < -0.39 is 11.6 Å². The number of hydrogen-bond acceptors (Lipinski definition) is 4. The van der Waals surface area contributed by atoms with Gasteiger partial charge >= 0.3 is 0 Å². The van der Waals surface area contributed by atoms with Crippen molar-refractivity contribution in [3.05, 3.63) is 17.7 Å². The first-order chi connectivity index (χ1) is 9.19. The first kappa shape index (κ1) is 16.0. The molecule has 0 aliphatic heterocycles. The first-order valence-corrected chi connectivity index (χ1v) is 7.85. The molecule has 3 nitrogen and oxygen atoms in total. The molecule has 0 atom stereocenters. The van der Waals surface area contributed by atoms with E-state index in [1.807, 2.05) is 11.8 Å². The zero-order chi connectivity index (χ0) is 14.1. The van der Waals surface area contributed by atoms with Crippen molar-refractivity contribution in [3.63, 3.8) is 0 Å². The van der Waals surface area contributed by atoms with Gasteiger partial charge in [0.05, 0.1) is 0 Å². The van der Waals surface area contributed by atoms with Crippen LogP contribution < -0.4 is 10.6 Å². The standard InChI is InChI=1S/C13H21F2N3S/c1-16-12-10(14)9-11(15)13(18-12)17-7-5-3-4-6-8-19-2/h9H,3-8H2,1-2H3,(H2,16,17,18). The Bertz CT molecular complexity index is 388. The molecule has 0 aliphatic rings. The maximum Gasteiger partial charge on any atom is 0.168 e. The number of pyridine rings is 1. The van der Waals surface area contributed by atoms with Crippen LogP contribution in [0.5, 0.6) is 0 Å². The molecule has 6 heteroatoms. The Balaban J connectivity index is 2.33. The second-order valence-electron chi connectivity index (χ2n) is 4.23. The van der Waals surface area contributed by atoms with Crippen LogP contribution in [-0.4, -0.2) is 30.6 Å². The van der Waals surface area contributed by atoms with Crippen LogP contribution in [0.3, 0.4) is 0 Å². The molecule has 1 heterocycles. The molecule has 0 unspecified atom stereocenters. The third kappa shape index (κ3) is 5.63. The average Bonchev–Trinajstić information content (AvgIpc) is 2.40. The molecule has 0 aromatic carbocycles. The van der Waals surface area contributed by atoms with Gasteiger partial charge < -0.3 is 10.6 Å². The summed E-state index contributed by atoms with van der Waals surface area (Å²) in [6.07, 6.45) is 6.57. The molecule has 0 saturated carbocycles. The second-order valence-corrected chi connectivity index (χ2v) is 5.22. The highest BCUT2D eigenvalue weighted by Gasteiger charge is 2.10. The summed E-state index contributed by atoms with van der Waals surface area (Å²) >= 11 is 1.85. The van der Waals surface area contributed by atoms with Crippen LogP contribution in [0.15, 0.2) is 6.07 Å². The van der Waals surface area contributed by atoms with E-state index in [1.165, 1.54) is 18.6 Å². The van der Waals surface area contributed by atoms with Gasteiger partial charge in [0.1, 0.15) is 0 Å². The summed E-state index contributed by atoms with van der Waals surface area (Å²) in [5.74, 6) is 0.0212. The Morgan fingerprint density at radius 1 is 1.11 bits per heavy atom. The number of thioether (sulfide) groups is 1. The molecule has 0 bridgehead atoms. The fourth-order valence-electron chi connectivity index (χ4n) is 1.70. The number of rotatable bonds is 9. The minimum atomic E-state index is -0.678. The topological polar surface area (TPSA) is 37.0 Å². The van der Waals surface area contributed by atoms with Gasteiger partial charge in [-0.2, -0.15) is 11.8 Å². The predicted molar refractivity (Wildman–Crippen MR) is 79.0 cm³/mol. The van der Waals surface area contributed by atoms with Gasteiger partial charge in [-0.05, 0) is 24.9 Å². The Labute approximate surface area is 117 Å². The van der Waals surface area contributed by atoms with E-state index in [2.05, 4.69) is 21.9 Å². The van der Waals surface area contributed by atoms with E-state index in [1.54, 1.807) is 7.05 Å². The molecule has 108 valence electrons. The minimum absolute atomic E-state index is 0.0591. The summed E-state index contributed by atoms with van der Waals surface area (Å²) in [6, 6.07) is 0.847. The molecule has 1 rings (SSSR count). The van der Waals surface area contributed by atoms with Gasteiger partial charge in [-0.15, -0.1) is 0 Å². The van der Waals surface area contributed by atoms with E-state index in [0.29, 0.717) is 6.54 Å². The fraction of sp³-hybridized carbons (Fsp3) is 0.615. The van der Waals surface area contributed by atoms with E-state index in [-0.39, 0.29) is 11.6 Å². The summed E-state index contributed by atoms with van der Waals surface area (Å²) in [6.45, 7) is 0.651. The smallest absolute Gasteiger partial charge is 0.168 e.